The van der Waals surface area contributed by atoms with Gasteiger partial charge in [0.05, 0.1) is 19.3 Å². The second-order valence-corrected chi connectivity index (χ2v) is 7.83. The number of carboxylic acid groups (broad SMARTS) is 1. The van der Waals surface area contributed by atoms with Crippen molar-refractivity contribution in [2.45, 2.75) is 50.7 Å². The second-order valence-electron chi connectivity index (χ2n) is 7.83. The van der Waals surface area contributed by atoms with Gasteiger partial charge in [-0.3, -0.25) is 14.9 Å². The summed E-state index contributed by atoms with van der Waals surface area (Å²) in [7, 11) is 0. The topological polar surface area (TPSA) is 158 Å². The molecule has 0 radical (unpaired) electrons. The molecule has 34 heavy (non-hydrogen) atoms. The van der Waals surface area contributed by atoms with E-state index in [2.05, 4.69) is 10.2 Å². The smallest absolute Gasteiger partial charge is 0.328 e. The van der Waals surface area contributed by atoms with Crippen LogP contribution in [-0.2, 0) is 35.1 Å². The van der Waals surface area contributed by atoms with Crippen LogP contribution in [0.4, 0.5) is 0 Å². The Morgan fingerprint density at radius 3 is 2.59 bits per heavy atom. The van der Waals surface area contributed by atoms with E-state index in [1.54, 1.807) is 6.92 Å². The zero-order valence-corrected chi connectivity index (χ0v) is 19.1. The van der Waals surface area contributed by atoms with Crippen LogP contribution in [-0.4, -0.2) is 84.0 Å². The van der Waals surface area contributed by atoms with E-state index in [0.29, 0.717) is 32.2 Å². The van der Waals surface area contributed by atoms with Gasteiger partial charge in [-0.2, -0.15) is 0 Å². The molecule has 1 saturated heterocycles. The molecule has 1 aliphatic rings. The van der Waals surface area contributed by atoms with Crippen LogP contribution in [0.5, 0.6) is 0 Å². The van der Waals surface area contributed by atoms with Gasteiger partial charge in [0, 0.05) is 6.54 Å². The number of aliphatic carboxylic acids is 1. The third-order valence-electron chi connectivity index (χ3n) is 5.39. The molecule has 1 fully saturated rings. The molecule has 0 aromatic heterocycles. The van der Waals surface area contributed by atoms with E-state index in [1.807, 2.05) is 30.3 Å². The molecule has 1 aromatic rings. The third-order valence-corrected chi connectivity index (χ3v) is 5.39. The second kappa shape index (κ2) is 14.1. The molecule has 0 bridgehead atoms. The SMILES string of the molecule is CC(NC(CCc1ccccc1)C(=O)O)C(=O)N1CCCC1C(=O)OCCOCCO[N+](=O)[O-]. The maximum Gasteiger partial charge on any atom is 0.328 e. The maximum atomic E-state index is 13.0. The van der Waals surface area contributed by atoms with Crippen LogP contribution < -0.4 is 5.32 Å². The molecule has 1 aromatic carbocycles. The fraction of sp³-hybridized carbons (Fsp3) is 0.591. The van der Waals surface area contributed by atoms with E-state index in [0.717, 1.165) is 5.56 Å². The largest absolute Gasteiger partial charge is 0.480 e. The van der Waals surface area contributed by atoms with Crippen molar-refractivity contribution in [1.82, 2.24) is 10.2 Å². The van der Waals surface area contributed by atoms with Gasteiger partial charge in [-0.05, 0) is 38.2 Å². The lowest BCUT2D eigenvalue weighted by Crippen LogP contribution is -2.53. The number of hydrogen-bond donors (Lipinski definition) is 2. The van der Waals surface area contributed by atoms with Crippen LogP contribution in [0, 0.1) is 10.1 Å². The average Bonchev–Trinajstić information content (AvgIpc) is 3.30. The average molecular weight is 482 g/mol. The number of nitrogens with one attached hydrogen (secondary N) is 1. The minimum atomic E-state index is -1.04. The number of hydrogen-bond acceptors (Lipinski definition) is 9. The van der Waals surface area contributed by atoms with Crippen molar-refractivity contribution in [3.05, 3.63) is 46.0 Å². The molecule has 1 aliphatic heterocycles. The van der Waals surface area contributed by atoms with Gasteiger partial charge in [-0.1, -0.05) is 30.3 Å². The summed E-state index contributed by atoms with van der Waals surface area (Å²) >= 11 is 0. The van der Waals surface area contributed by atoms with E-state index in [4.69, 9.17) is 9.47 Å². The Labute approximate surface area is 197 Å². The van der Waals surface area contributed by atoms with Crippen LogP contribution in [0.1, 0.15) is 31.7 Å². The standard InChI is InChI=1S/C22H31N3O9/c1-16(23-18(21(27)28)10-9-17-6-3-2-4-7-17)20(26)24-11-5-8-19(24)22(29)33-14-12-32-13-15-34-25(30)31/h2-4,6-7,16,18-19,23H,5,8-15H2,1H3,(H,27,28). The zero-order valence-electron chi connectivity index (χ0n) is 19.1. The molecule has 2 rings (SSSR count). The van der Waals surface area contributed by atoms with E-state index in [1.165, 1.54) is 4.90 Å². The number of rotatable bonds is 15. The summed E-state index contributed by atoms with van der Waals surface area (Å²) in [6.45, 7) is 1.69. The normalized spacial score (nSPS) is 17.1. The number of ether oxygens (including phenoxy) is 2. The fourth-order valence-electron chi connectivity index (χ4n) is 3.70. The molecule has 0 saturated carbocycles. The summed E-state index contributed by atoms with van der Waals surface area (Å²) in [5.74, 6) is -1.97. The Bertz CT molecular complexity index is 821. The van der Waals surface area contributed by atoms with Crippen LogP contribution in [0.25, 0.3) is 0 Å². The van der Waals surface area contributed by atoms with Crippen LogP contribution in [0.2, 0.25) is 0 Å². The van der Waals surface area contributed by atoms with Crippen LogP contribution in [0.3, 0.4) is 0 Å². The van der Waals surface area contributed by atoms with E-state index in [9.17, 15) is 29.6 Å². The van der Waals surface area contributed by atoms with Gasteiger partial charge < -0.3 is 24.3 Å². The highest BCUT2D eigenvalue weighted by Gasteiger charge is 2.37. The Balaban J connectivity index is 1.79. The number of nitrogens with zero attached hydrogens (tertiary/aromatic N) is 2. The molecular formula is C22H31N3O9. The quantitative estimate of drug-likeness (QED) is 0.159. The number of amides is 1. The molecule has 3 atom stereocenters. The minimum Gasteiger partial charge on any atom is -0.480 e. The van der Waals surface area contributed by atoms with Crippen molar-refractivity contribution < 1.29 is 38.9 Å². The lowest BCUT2D eigenvalue weighted by molar-refractivity contribution is -0.758. The Hall–Kier alpha value is -3.25. The van der Waals surface area contributed by atoms with Crippen molar-refractivity contribution in [2.75, 3.05) is 33.0 Å². The highest BCUT2D eigenvalue weighted by atomic mass is 17.0. The van der Waals surface area contributed by atoms with Crippen molar-refractivity contribution in [2.24, 2.45) is 0 Å². The summed E-state index contributed by atoms with van der Waals surface area (Å²) in [5, 5.41) is 21.6. The van der Waals surface area contributed by atoms with Gasteiger partial charge >= 0.3 is 11.9 Å². The van der Waals surface area contributed by atoms with E-state index >= 15 is 0 Å². The van der Waals surface area contributed by atoms with Crippen LogP contribution >= 0.6 is 0 Å². The molecule has 0 aliphatic carbocycles. The maximum absolute atomic E-state index is 13.0. The Morgan fingerprint density at radius 1 is 1.21 bits per heavy atom. The highest BCUT2D eigenvalue weighted by Crippen LogP contribution is 2.20. The fourth-order valence-corrected chi connectivity index (χ4v) is 3.70. The van der Waals surface area contributed by atoms with Gasteiger partial charge in [0.15, 0.2) is 0 Å². The molecular weight excluding hydrogens is 450 g/mol. The monoisotopic (exact) mass is 481 g/mol. The highest BCUT2D eigenvalue weighted by molar-refractivity contribution is 5.88. The van der Waals surface area contributed by atoms with Crippen LogP contribution in [0.15, 0.2) is 30.3 Å². The van der Waals surface area contributed by atoms with Crippen molar-refractivity contribution in [3.8, 4) is 0 Å². The van der Waals surface area contributed by atoms with Crippen molar-refractivity contribution in [3.63, 3.8) is 0 Å². The number of esters is 1. The molecule has 12 nitrogen and oxygen atoms in total. The lowest BCUT2D eigenvalue weighted by atomic mass is 10.0. The summed E-state index contributed by atoms with van der Waals surface area (Å²) in [5.41, 5.74) is 1.01. The number of aryl methyl sites for hydroxylation is 1. The zero-order chi connectivity index (χ0) is 24.9. The molecule has 2 N–H and O–H groups in total. The van der Waals surface area contributed by atoms with Gasteiger partial charge in [-0.25, -0.2) is 4.79 Å². The Kier molecular flexibility index (Phi) is 11.2. The van der Waals surface area contributed by atoms with Crippen molar-refractivity contribution in [1.29, 1.82) is 0 Å². The van der Waals surface area contributed by atoms with E-state index < -0.39 is 35.2 Å². The first-order chi connectivity index (χ1) is 16.3. The molecule has 3 unspecified atom stereocenters. The first kappa shape index (κ1) is 27.0. The lowest BCUT2D eigenvalue weighted by Gasteiger charge is -2.28. The molecule has 0 spiro atoms. The first-order valence-corrected chi connectivity index (χ1v) is 11.1. The number of benzene rings is 1. The number of carbonyl (C=O) groups excluding carboxylic acids is 2. The number of carboxylic acids is 1. The van der Waals surface area contributed by atoms with Gasteiger partial charge in [0.25, 0.3) is 5.09 Å². The summed E-state index contributed by atoms with van der Waals surface area (Å²) < 4.78 is 10.3. The first-order valence-electron chi connectivity index (χ1n) is 11.1. The van der Waals surface area contributed by atoms with Gasteiger partial charge in [0.2, 0.25) is 5.91 Å². The number of likely N-dealkylation sites (tertiary alicyclic amines) is 1. The minimum absolute atomic E-state index is 0.0230. The summed E-state index contributed by atoms with van der Waals surface area (Å²) in [6, 6.07) is 7.03. The van der Waals surface area contributed by atoms with Gasteiger partial charge in [-0.15, -0.1) is 10.1 Å². The predicted octanol–water partition coefficient (Wildman–Crippen LogP) is 0.810. The number of carbonyl (C=O) groups is 3. The van der Waals surface area contributed by atoms with E-state index in [-0.39, 0.29) is 32.3 Å². The summed E-state index contributed by atoms with van der Waals surface area (Å²) in [6.07, 6.45) is 1.94. The molecule has 12 heteroatoms. The molecule has 1 amide bonds. The summed E-state index contributed by atoms with van der Waals surface area (Å²) in [4.78, 5) is 52.7. The van der Waals surface area contributed by atoms with Crippen molar-refractivity contribution >= 4 is 17.8 Å². The van der Waals surface area contributed by atoms with Gasteiger partial charge in [0.1, 0.15) is 25.3 Å². The third kappa shape index (κ3) is 8.94. The molecule has 1 heterocycles. The molecule has 188 valence electrons. The predicted molar refractivity (Wildman–Crippen MR) is 118 cm³/mol. The Morgan fingerprint density at radius 2 is 1.91 bits per heavy atom.